The molecular weight excluding hydrogens is 442 g/mol. The zero-order valence-corrected chi connectivity index (χ0v) is 19.0. The number of rotatable bonds is 7. The Hall–Kier alpha value is -3.46. The van der Waals surface area contributed by atoms with E-state index >= 15 is 0 Å². The molecule has 0 aliphatic heterocycles. The van der Waals surface area contributed by atoms with E-state index in [1.54, 1.807) is 23.3 Å². The number of aryl methyl sites for hydroxylation is 2. The highest BCUT2D eigenvalue weighted by Crippen LogP contribution is 2.36. The maximum atomic E-state index is 13.3. The van der Waals surface area contributed by atoms with Crippen LogP contribution in [0, 0.1) is 0 Å². The van der Waals surface area contributed by atoms with Crippen molar-refractivity contribution in [3.63, 3.8) is 0 Å². The molecule has 0 aliphatic carbocycles. The Morgan fingerprint density at radius 2 is 1.85 bits per heavy atom. The lowest BCUT2D eigenvalue weighted by molar-refractivity contribution is 0.151. The van der Waals surface area contributed by atoms with Crippen LogP contribution in [0.5, 0.6) is 0 Å². The van der Waals surface area contributed by atoms with Crippen molar-refractivity contribution in [3.8, 4) is 17.1 Å². The number of alkyl halides is 2. The van der Waals surface area contributed by atoms with E-state index in [-0.39, 0.29) is 5.01 Å². The number of benzene rings is 2. The molecule has 0 aliphatic rings. The summed E-state index contributed by atoms with van der Waals surface area (Å²) in [6.45, 7) is 4.99. The Morgan fingerprint density at radius 3 is 2.55 bits per heavy atom. The van der Waals surface area contributed by atoms with Gasteiger partial charge >= 0.3 is 0 Å². The smallest absolute Gasteiger partial charge is 0.289 e. The average molecular weight is 465 g/mol. The van der Waals surface area contributed by atoms with Gasteiger partial charge in [-0.2, -0.15) is 5.10 Å². The van der Waals surface area contributed by atoms with Gasteiger partial charge in [-0.3, -0.25) is 0 Å². The predicted molar refractivity (Wildman–Crippen MR) is 125 cm³/mol. The minimum atomic E-state index is -2.61. The van der Waals surface area contributed by atoms with Crippen molar-refractivity contribution in [2.45, 2.75) is 39.2 Å². The fraction of sp³-hybridized carbons (Fsp3) is 0.250. The highest BCUT2D eigenvalue weighted by molar-refractivity contribution is 7.19. The molecule has 0 N–H and O–H groups in total. The molecule has 3 heterocycles. The number of nitrogens with zero attached hydrogens (tertiary/aromatic N) is 6. The van der Waals surface area contributed by atoms with E-state index in [9.17, 15) is 8.78 Å². The highest BCUT2D eigenvalue weighted by atomic mass is 32.1. The highest BCUT2D eigenvalue weighted by Gasteiger charge is 2.20. The van der Waals surface area contributed by atoms with Crippen molar-refractivity contribution >= 4 is 21.6 Å². The van der Waals surface area contributed by atoms with Gasteiger partial charge in [-0.1, -0.05) is 32.0 Å². The van der Waals surface area contributed by atoms with Gasteiger partial charge in [-0.15, -0.1) is 11.3 Å². The molecule has 0 amide bonds. The molecular formula is C24H22F2N6S. The average Bonchev–Trinajstić information content (AvgIpc) is 3.56. The summed E-state index contributed by atoms with van der Waals surface area (Å²) in [4.78, 5) is 13.0. The number of hydrogen-bond donors (Lipinski definition) is 0. The van der Waals surface area contributed by atoms with Crippen LogP contribution < -0.4 is 0 Å². The molecule has 0 saturated carbocycles. The molecule has 33 heavy (non-hydrogen) atoms. The standard InChI is InChI=1S/C24H22F2N6S/c1-15(2)16-6-8-17(9-7-16)32-23(29-20(30-32)10-12-31-13-11-27-14-31)18-4-3-5-19-21(18)33-24(28-19)22(25)26/h3-9,11,13-15,22H,10,12H2,1-2H3. The minimum Gasteiger partial charge on any atom is -0.337 e. The fourth-order valence-electron chi connectivity index (χ4n) is 3.70. The molecule has 0 unspecified atom stereocenters. The van der Waals surface area contributed by atoms with E-state index in [4.69, 9.17) is 10.1 Å². The Morgan fingerprint density at radius 1 is 1.03 bits per heavy atom. The molecule has 0 radical (unpaired) electrons. The minimum absolute atomic E-state index is 0.190. The lowest BCUT2D eigenvalue weighted by Gasteiger charge is -2.09. The molecule has 3 aromatic heterocycles. The summed E-state index contributed by atoms with van der Waals surface area (Å²) < 4.78 is 31.1. The molecule has 0 spiro atoms. The largest absolute Gasteiger partial charge is 0.337 e. The monoisotopic (exact) mass is 464 g/mol. The first-order valence-electron chi connectivity index (χ1n) is 10.7. The van der Waals surface area contributed by atoms with Crippen LogP contribution in [-0.4, -0.2) is 29.3 Å². The van der Waals surface area contributed by atoms with Crippen LogP contribution in [0.1, 0.15) is 42.6 Å². The number of thiazole rings is 1. The van der Waals surface area contributed by atoms with Gasteiger partial charge in [-0.05, 0) is 35.7 Å². The Bertz CT molecular complexity index is 1370. The van der Waals surface area contributed by atoms with E-state index in [0.717, 1.165) is 22.6 Å². The summed E-state index contributed by atoms with van der Waals surface area (Å²) in [5, 5.41) is 4.60. The first-order valence-corrected chi connectivity index (χ1v) is 11.5. The molecule has 6 nitrogen and oxygen atoms in total. The number of aromatic nitrogens is 6. The Balaban J connectivity index is 1.61. The van der Waals surface area contributed by atoms with Gasteiger partial charge in [0.05, 0.1) is 22.2 Å². The zero-order valence-electron chi connectivity index (χ0n) is 18.2. The van der Waals surface area contributed by atoms with Crippen molar-refractivity contribution in [2.75, 3.05) is 0 Å². The van der Waals surface area contributed by atoms with Gasteiger partial charge < -0.3 is 4.57 Å². The molecule has 0 fully saturated rings. The summed E-state index contributed by atoms with van der Waals surface area (Å²) in [6.07, 6.45) is 3.39. The van der Waals surface area contributed by atoms with Crippen molar-refractivity contribution < 1.29 is 8.78 Å². The molecule has 9 heteroatoms. The number of hydrogen-bond acceptors (Lipinski definition) is 5. The van der Waals surface area contributed by atoms with Gasteiger partial charge in [0.25, 0.3) is 6.43 Å². The van der Waals surface area contributed by atoms with Crippen LogP contribution in [0.2, 0.25) is 0 Å². The Labute approximate surface area is 193 Å². The topological polar surface area (TPSA) is 61.4 Å². The van der Waals surface area contributed by atoms with Crippen LogP contribution in [0.4, 0.5) is 8.78 Å². The van der Waals surface area contributed by atoms with Gasteiger partial charge in [0.15, 0.2) is 16.7 Å². The normalized spacial score (nSPS) is 11.8. The van der Waals surface area contributed by atoms with Crippen molar-refractivity contribution in [1.82, 2.24) is 29.3 Å². The predicted octanol–water partition coefficient (Wildman–Crippen LogP) is 6.04. The molecule has 0 atom stereocenters. The third kappa shape index (κ3) is 4.28. The molecule has 0 bridgehead atoms. The van der Waals surface area contributed by atoms with Crippen LogP contribution in [0.3, 0.4) is 0 Å². The van der Waals surface area contributed by atoms with E-state index < -0.39 is 6.43 Å². The van der Waals surface area contributed by atoms with Crippen LogP contribution in [-0.2, 0) is 13.0 Å². The summed E-state index contributed by atoms with van der Waals surface area (Å²) in [5.74, 6) is 1.70. The van der Waals surface area contributed by atoms with Gasteiger partial charge in [0, 0.05) is 30.9 Å². The Kier molecular flexibility index (Phi) is 5.72. The maximum Gasteiger partial charge on any atom is 0.289 e. The van der Waals surface area contributed by atoms with E-state index in [0.29, 0.717) is 40.7 Å². The summed E-state index contributed by atoms with van der Waals surface area (Å²) in [6, 6.07) is 13.7. The number of imidazole rings is 1. The fourth-order valence-corrected chi connectivity index (χ4v) is 4.63. The first kappa shape index (κ1) is 21.4. The quantitative estimate of drug-likeness (QED) is 0.294. The summed E-state index contributed by atoms with van der Waals surface area (Å²) in [5.41, 5.74) is 3.38. The third-order valence-electron chi connectivity index (χ3n) is 5.47. The van der Waals surface area contributed by atoms with Crippen molar-refractivity contribution in [1.29, 1.82) is 0 Å². The molecule has 2 aromatic carbocycles. The second-order valence-electron chi connectivity index (χ2n) is 8.07. The van der Waals surface area contributed by atoms with Crippen LogP contribution >= 0.6 is 11.3 Å². The lowest BCUT2D eigenvalue weighted by Crippen LogP contribution is -2.02. The SMILES string of the molecule is CC(C)c1ccc(-n2nc(CCn3ccnc3)nc2-c2cccc3nc(C(F)F)sc23)cc1. The molecule has 168 valence electrons. The lowest BCUT2D eigenvalue weighted by atomic mass is 10.0. The summed E-state index contributed by atoms with van der Waals surface area (Å²) >= 11 is 1.00. The number of halogens is 2. The zero-order chi connectivity index (χ0) is 22.9. The van der Waals surface area contributed by atoms with Gasteiger partial charge in [0.1, 0.15) is 0 Å². The van der Waals surface area contributed by atoms with E-state index in [2.05, 4.69) is 35.9 Å². The second-order valence-corrected chi connectivity index (χ2v) is 9.10. The molecule has 0 saturated heterocycles. The van der Waals surface area contributed by atoms with E-state index in [1.165, 1.54) is 5.56 Å². The molecule has 5 rings (SSSR count). The molecule has 5 aromatic rings. The van der Waals surface area contributed by atoms with Gasteiger partial charge in [0.2, 0.25) is 0 Å². The van der Waals surface area contributed by atoms with Crippen LogP contribution in [0.15, 0.2) is 61.2 Å². The second kappa shape index (κ2) is 8.82. The van der Waals surface area contributed by atoms with Gasteiger partial charge in [-0.25, -0.2) is 28.4 Å². The first-order chi connectivity index (χ1) is 16.0. The summed E-state index contributed by atoms with van der Waals surface area (Å²) in [7, 11) is 0. The van der Waals surface area contributed by atoms with Crippen LogP contribution in [0.25, 0.3) is 27.3 Å². The third-order valence-corrected chi connectivity index (χ3v) is 6.58. The maximum absolute atomic E-state index is 13.3. The number of fused-ring (bicyclic) bond motifs is 1. The van der Waals surface area contributed by atoms with E-state index in [1.807, 2.05) is 35.0 Å². The van der Waals surface area contributed by atoms with Crippen molar-refractivity contribution in [3.05, 3.63) is 77.6 Å². The van der Waals surface area contributed by atoms with Crippen molar-refractivity contribution in [2.24, 2.45) is 0 Å².